The highest BCUT2D eigenvalue weighted by Gasteiger charge is 2.26. The van der Waals surface area contributed by atoms with Crippen LogP contribution < -0.4 is 10.6 Å². The fraction of sp³-hybridized carbons (Fsp3) is 0.562. The molecular weight excluding hydrogens is 252 g/mol. The Morgan fingerprint density at radius 2 is 2.15 bits per heavy atom. The molecule has 0 radical (unpaired) electrons. The average Bonchev–Trinajstić information content (AvgIpc) is 2.48. The summed E-state index contributed by atoms with van der Waals surface area (Å²) in [6.45, 7) is 2.40. The van der Waals surface area contributed by atoms with Gasteiger partial charge in [0.05, 0.1) is 0 Å². The van der Waals surface area contributed by atoms with Crippen LogP contribution in [-0.2, 0) is 16.0 Å². The number of carbonyl (C=O) groups is 1. The minimum Gasteiger partial charge on any atom is -0.398 e. The van der Waals surface area contributed by atoms with Crippen molar-refractivity contribution in [1.82, 2.24) is 0 Å². The van der Waals surface area contributed by atoms with Gasteiger partial charge < -0.3 is 15.4 Å². The summed E-state index contributed by atoms with van der Waals surface area (Å²) in [6, 6.07) is 5.88. The van der Waals surface area contributed by atoms with Crippen LogP contribution >= 0.6 is 0 Å². The van der Waals surface area contributed by atoms with Crippen LogP contribution in [0.5, 0.6) is 0 Å². The molecular formula is C16H22N2O2. The summed E-state index contributed by atoms with van der Waals surface area (Å²) in [5.74, 6) is 0.714. The number of ether oxygens (including phenoxy) is 1. The quantitative estimate of drug-likeness (QED) is 0.842. The molecule has 0 bridgehead atoms. The summed E-state index contributed by atoms with van der Waals surface area (Å²) in [5.41, 5.74) is 9.00. The monoisotopic (exact) mass is 274 g/mol. The molecule has 3 rings (SSSR count). The lowest BCUT2D eigenvalue weighted by Gasteiger charge is -2.32. The van der Waals surface area contributed by atoms with Crippen molar-refractivity contribution in [3.8, 4) is 0 Å². The second kappa shape index (κ2) is 5.83. The lowest BCUT2D eigenvalue weighted by Crippen LogP contribution is -2.37. The van der Waals surface area contributed by atoms with E-state index in [1.807, 2.05) is 23.1 Å². The van der Waals surface area contributed by atoms with Gasteiger partial charge in [0.2, 0.25) is 5.91 Å². The maximum atomic E-state index is 12.6. The molecule has 0 spiro atoms. The molecule has 0 atom stereocenters. The Morgan fingerprint density at radius 3 is 2.95 bits per heavy atom. The zero-order valence-electron chi connectivity index (χ0n) is 11.8. The van der Waals surface area contributed by atoms with Gasteiger partial charge in [-0.3, -0.25) is 4.79 Å². The number of anilines is 2. The minimum atomic E-state index is 0.239. The lowest BCUT2D eigenvalue weighted by atomic mass is 9.94. The fourth-order valence-electron chi connectivity index (χ4n) is 3.22. The van der Waals surface area contributed by atoms with Gasteiger partial charge in [-0.25, -0.2) is 0 Å². The molecule has 1 saturated heterocycles. The maximum Gasteiger partial charge on any atom is 0.227 e. The number of amides is 1. The molecule has 0 aliphatic carbocycles. The first-order valence-electron chi connectivity index (χ1n) is 7.51. The summed E-state index contributed by atoms with van der Waals surface area (Å²) in [4.78, 5) is 14.5. The highest BCUT2D eigenvalue weighted by Crippen LogP contribution is 2.32. The zero-order valence-corrected chi connectivity index (χ0v) is 11.8. The van der Waals surface area contributed by atoms with E-state index in [1.54, 1.807) is 0 Å². The summed E-state index contributed by atoms with van der Waals surface area (Å²) in [7, 11) is 0. The van der Waals surface area contributed by atoms with Crippen molar-refractivity contribution in [3.63, 3.8) is 0 Å². The Hall–Kier alpha value is -1.55. The van der Waals surface area contributed by atoms with Gasteiger partial charge in [0.15, 0.2) is 0 Å². The lowest BCUT2D eigenvalue weighted by molar-refractivity contribution is -0.120. The van der Waals surface area contributed by atoms with Crippen LogP contribution in [0, 0.1) is 5.92 Å². The molecule has 2 aliphatic rings. The number of nitrogen functional groups attached to an aromatic ring is 1. The van der Waals surface area contributed by atoms with E-state index in [-0.39, 0.29) is 5.91 Å². The average molecular weight is 274 g/mol. The van der Waals surface area contributed by atoms with E-state index in [2.05, 4.69) is 0 Å². The van der Waals surface area contributed by atoms with Crippen LogP contribution in [0.25, 0.3) is 0 Å². The zero-order chi connectivity index (χ0) is 13.9. The predicted octanol–water partition coefficient (Wildman–Crippen LogP) is 2.36. The van der Waals surface area contributed by atoms with Gasteiger partial charge in [-0.15, -0.1) is 0 Å². The van der Waals surface area contributed by atoms with Crippen LogP contribution in [0.15, 0.2) is 18.2 Å². The number of rotatable bonds is 2. The van der Waals surface area contributed by atoms with Crippen LogP contribution in [0.2, 0.25) is 0 Å². The van der Waals surface area contributed by atoms with Gasteiger partial charge in [-0.2, -0.15) is 0 Å². The highest BCUT2D eigenvalue weighted by molar-refractivity contribution is 5.95. The third-order valence-electron chi connectivity index (χ3n) is 4.39. The molecule has 0 aromatic heterocycles. The number of nitrogens with two attached hydrogens (primary N) is 1. The first kappa shape index (κ1) is 13.4. The third kappa shape index (κ3) is 2.66. The Balaban J connectivity index is 1.74. The predicted molar refractivity (Wildman–Crippen MR) is 79.7 cm³/mol. The molecule has 20 heavy (non-hydrogen) atoms. The minimum absolute atomic E-state index is 0.239. The normalized spacial score (nSPS) is 19.7. The van der Waals surface area contributed by atoms with Gasteiger partial charge in [-0.05, 0) is 49.3 Å². The van der Waals surface area contributed by atoms with Crippen molar-refractivity contribution in [2.45, 2.75) is 32.1 Å². The molecule has 0 unspecified atom stereocenters. The Labute approximate surface area is 119 Å². The first-order valence-corrected chi connectivity index (χ1v) is 7.51. The number of carbonyl (C=O) groups excluding carboxylic acids is 1. The molecule has 2 aliphatic heterocycles. The van der Waals surface area contributed by atoms with Crippen molar-refractivity contribution in [2.24, 2.45) is 5.92 Å². The van der Waals surface area contributed by atoms with Gasteiger partial charge >= 0.3 is 0 Å². The molecule has 2 heterocycles. The summed E-state index contributed by atoms with van der Waals surface area (Å²) < 4.78 is 5.36. The number of fused-ring (bicyclic) bond motifs is 1. The van der Waals surface area contributed by atoms with Crippen molar-refractivity contribution >= 4 is 17.3 Å². The van der Waals surface area contributed by atoms with Crippen LogP contribution in [0.3, 0.4) is 0 Å². The Morgan fingerprint density at radius 1 is 1.35 bits per heavy atom. The van der Waals surface area contributed by atoms with E-state index < -0.39 is 0 Å². The summed E-state index contributed by atoms with van der Waals surface area (Å²) in [5, 5.41) is 0. The maximum absolute atomic E-state index is 12.6. The third-order valence-corrected chi connectivity index (χ3v) is 4.39. The number of benzene rings is 1. The number of nitrogens with zero attached hydrogens (tertiary/aromatic N) is 1. The van der Waals surface area contributed by atoms with Crippen LogP contribution in [-0.4, -0.2) is 25.7 Å². The highest BCUT2D eigenvalue weighted by atomic mass is 16.5. The smallest absolute Gasteiger partial charge is 0.227 e. The number of hydrogen-bond acceptors (Lipinski definition) is 3. The van der Waals surface area contributed by atoms with Gasteiger partial charge in [-0.1, -0.05) is 6.07 Å². The van der Waals surface area contributed by atoms with E-state index in [9.17, 15) is 4.79 Å². The molecule has 1 amide bonds. The molecule has 1 aromatic carbocycles. The van der Waals surface area contributed by atoms with Crippen molar-refractivity contribution in [3.05, 3.63) is 23.8 Å². The van der Waals surface area contributed by atoms with Gasteiger partial charge in [0, 0.05) is 37.6 Å². The van der Waals surface area contributed by atoms with Crippen molar-refractivity contribution < 1.29 is 9.53 Å². The second-order valence-corrected chi connectivity index (χ2v) is 5.75. The Bertz CT molecular complexity index is 495. The SMILES string of the molecule is Nc1cccc2c1CCCN2C(=O)CC1CCOCC1. The van der Waals surface area contributed by atoms with E-state index in [0.29, 0.717) is 12.3 Å². The molecule has 4 nitrogen and oxygen atoms in total. The van der Waals surface area contributed by atoms with Crippen LogP contribution in [0.1, 0.15) is 31.2 Å². The molecule has 2 N–H and O–H groups in total. The van der Waals surface area contributed by atoms with E-state index in [4.69, 9.17) is 10.5 Å². The van der Waals surface area contributed by atoms with Crippen LogP contribution in [0.4, 0.5) is 11.4 Å². The molecule has 4 heteroatoms. The summed E-state index contributed by atoms with van der Waals surface area (Å²) >= 11 is 0. The van der Waals surface area contributed by atoms with Crippen molar-refractivity contribution in [1.29, 1.82) is 0 Å². The Kier molecular flexibility index (Phi) is 3.92. The van der Waals surface area contributed by atoms with Gasteiger partial charge in [0.1, 0.15) is 0 Å². The topological polar surface area (TPSA) is 55.6 Å². The summed E-state index contributed by atoms with van der Waals surface area (Å²) in [6.07, 6.45) is 4.62. The van der Waals surface area contributed by atoms with E-state index in [0.717, 1.165) is 62.4 Å². The number of hydrogen-bond donors (Lipinski definition) is 1. The molecule has 1 fully saturated rings. The fourth-order valence-corrected chi connectivity index (χ4v) is 3.22. The molecule has 0 saturated carbocycles. The molecule has 1 aromatic rings. The molecule has 108 valence electrons. The standard InChI is InChI=1S/C16H22N2O2/c17-14-4-1-5-15-13(14)3-2-8-18(15)16(19)11-12-6-9-20-10-7-12/h1,4-5,12H,2-3,6-11,17H2. The first-order chi connectivity index (χ1) is 9.75. The van der Waals surface area contributed by atoms with E-state index in [1.165, 1.54) is 0 Å². The van der Waals surface area contributed by atoms with E-state index >= 15 is 0 Å². The largest absolute Gasteiger partial charge is 0.398 e. The van der Waals surface area contributed by atoms with Gasteiger partial charge in [0.25, 0.3) is 0 Å². The van der Waals surface area contributed by atoms with Crippen molar-refractivity contribution in [2.75, 3.05) is 30.4 Å². The second-order valence-electron chi connectivity index (χ2n) is 5.75.